The van der Waals surface area contributed by atoms with Crippen molar-refractivity contribution < 1.29 is 19.1 Å². The Morgan fingerprint density at radius 2 is 1.74 bits per heavy atom. The number of hydrogen-bond donors (Lipinski definition) is 0. The molecule has 0 saturated carbocycles. The van der Waals surface area contributed by atoms with Crippen molar-refractivity contribution in [3.05, 3.63) is 23.8 Å². The lowest BCUT2D eigenvalue weighted by atomic mass is 10.1. The summed E-state index contributed by atoms with van der Waals surface area (Å²) in [4.78, 5) is 30.6. The van der Waals surface area contributed by atoms with E-state index in [-0.39, 0.29) is 18.6 Å². The van der Waals surface area contributed by atoms with Crippen LogP contribution in [0.1, 0.15) is 25.8 Å². The maximum atomic E-state index is 12.5. The van der Waals surface area contributed by atoms with Crippen molar-refractivity contribution in [2.75, 3.05) is 52.6 Å². The van der Waals surface area contributed by atoms with Crippen LogP contribution in [0, 0.1) is 0 Å². The van der Waals surface area contributed by atoms with Crippen LogP contribution >= 0.6 is 0 Å². The molecule has 1 saturated heterocycles. The number of fused-ring (bicyclic) bond motifs is 1. The van der Waals surface area contributed by atoms with E-state index < -0.39 is 0 Å². The molecule has 2 amide bonds. The van der Waals surface area contributed by atoms with E-state index in [1.807, 2.05) is 41.8 Å². The molecule has 0 spiro atoms. The monoisotopic (exact) mass is 375 g/mol. The minimum atomic E-state index is 0.169. The van der Waals surface area contributed by atoms with Gasteiger partial charge in [-0.25, -0.2) is 0 Å². The molecule has 1 fully saturated rings. The van der Waals surface area contributed by atoms with Gasteiger partial charge in [0.15, 0.2) is 11.5 Å². The summed E-state index contributed by atoms with van der Waals surface area (Å²) in [5.41, 5.74) is 1.08. The quantitative estimate of drug-likeness (QED) is 0.720. The van der Waals surface area contributed by atoms with E-state index in [4.69, 9.17) is 9.47 Å². The van der Waals surface area contributed by atoms with Crippen molar-refractivity contribution in [1.29, 1.82) is 0 Å². The highest BCUT2D eigenvalue weighted by molar-refractivity contribution is 5.78. The molecule has 2 aliphatic rings. The van der Waals surface area contributed by atoms with Crippen LogP contribution < -0.4 is 9.47 Å². The summed E-state index contributed by atoms with van der Waals surface area (Å²) in [6.45, 7) is 9.07. The highest BCUT2D eigenvalue weighted by Crippen LogP contribution is 2.32. The minimum absolute atomic E-state index is 0.169. The number of rotatable bonds is 7. The summed E-state index contributed by atoms with van der Waals surface area (Å²) in [6, 6.07) is 5.83. The predicted octanol–water partition coefficient (Wildman–Crippen LogP) is 1.36. The average molecular weight is 375 g/mol. The molecule has 148 valence electrons. The van der Waals surface area contributed by atoms with E-state index in [0.717, 1.165) is 43.2 Å². The largest absolute Gasteiger partial charge is 0.454 e. The van der Waals surface area contributed by atoms with Crippen LogP contribution in [-0.2, 0) is 16.0 Å². The van der Waals surface area contributed by atoms with Crippen LogP contribution in [0.5, 0.6) is 11.5 Å². The molecule has 2 aliphatic heterocycles. The maximum absolute atomic E-state index is 12.5. The van der Waals surface area contributed by atoms with Crippen molar-refractivity contribution in [2.45, 2.75) is 26.7 Å². The topological polar surface area (TPSA) is 62.3 Å². The van der Waals surface area contributed by atoms with Gasteiger partial charge in [-0.2, -0.15) is 0 Å². The molecular formula is C20H29N3O4. The summed E-state index contributed by atoms with van der Waals surface area (Å²) in [5, 5.41) is 0. The number of carbonyl (C=O) groups is 2. The number of carbonyl (C=O) groups excluding carboxylic acids is 2. The first-order chi connectivity index (χ1) is 13.1. The van der Waals surface area contributed by atoms with E-state index in [1.165, 1.54) is 0 Å². The van der Waals surface area contributed by atoms with E-state index in [0.29, 0.717) is 32.5 Å². The number of ether oxygens (including phenoxy) is 2. The Labute approximate surface area is 160 Å². The molecule has 1 aromatic rings. The molecule has 0 N–H and O–H groups in total. The molecule has 7 nitrogen and oxygen atoms in total. The van der Waals surface area contributed by atoms with Gasteiger partial charge in [0.1, 0.15) is 0 Å². The number of hydrogen-bond acceptors (Lipinski definition) is 5. The third-order valence-electron chi connectivity index (χ3n) is 5.26. The zero-order valence-corrected chi connectivity index (χ0v) is 16.3. The predicted molar refractivity (Wildman–Crippen MR) is 102 cm³/mol. The molecular weight excluding hydrogens is 346 g/mol. The Morgan fingerprint density at radius 3 is 2.44 bits per heavy atom. The SMILES string of the molecule is CCN(CC)C(=O)CN1CCN(C(=O)CCc2ccc3c(c2)OCO3)CC1. The number of aryl methyl sites for hydroxylation is 1. The first kappa shape index (κ1) is 19.5. The van der Waals surface area contributed by atoms with Crippen LogP contribution in [0.25, 0.3) is 0 Å². The Hall–Kier alpha value is -2.28. The Bertz CT molecular complexity index is 667. The smallest absolute Gasteiger partial charge is 0.236 e. The first-order valence-electron chi connectivity index (χ1n) is 9.77. The molecule has 0 aromatic heterocycles. The molecule has 27 heavy (non-hydrogen) atoms. The highest BCUT2D eigenvalue weighted by Gasteiger charge is 2.23. The summed E-state index contributed by atoms with van der Waals surface area (Å²) in [5.74, 6) is 1.86. The second kappa shape index (κ2) is 9.08. The highest BCUT2D eigenvalue weighted by atomic mass is 16.7. The summed E-state index contributed by atoms with van der Waals surface area (Å²) >= 11 is 0. The number of likely N-dealkylation sites (N-methyl/N-ethyl adjacent to an activating group) is 1. The van der Waals surface area contributed by atoms with Crippen molar-refractivity contribution in [2.24, 2.45) is 0 Å². The second-order valence-electron chi connectivity index (χ2n) is 6.91. The summed E-state index contributed by atoms with van der Waals surface area (Å²) in [6.07, 6.45) is 1.17. The molecule has 7 heteroatoms. The zero-order valence-electron chi connectivity index (χ0n) is 16.3. The Morgan fingerprint density at radius 1 is 1.04 bits per heavy atom. The van der Waals surface area contributed by atoms with Crippen LogP contribution in [0.15, 0.2) is 18.2 Å². The third-order valence-corrected chi connectivity index (χ3v) is 5.26. The van der Waals surface area contributed by atoms with Gasteiger partial charge in [0.25, 0.3) is 0 Å². The van der Waals surface area contributed by atoms with Crippen molar-refractivity contribution in [3.63, 3.8) is 0 Å². The van der Waals surface area contributed by atoms with Crippen molar-refractivity contribution in [3.8, 4) is 11.5 Å². The minimum Gasteiger partial charge on any atom is -0.454 e. The standard InChI is InChI=1S/C20H29N3O4/c1-3-22(4-2)20(25)14-21-9-11-23(12-10-21)19(24)8-6-16-5-7-17-18(13-16)27-15-26-17/h5,7,13H,3-4,6,8-12,14-15H2,1-2H3. The molecule has 3 rings (SSSR count). The van der Waals surface area contributed by atoms with Gasteiger partial charge in [0.2, 0.25) is 18.6 Å². The van der Waals surface area contributed by atoms with E-state index >= 15 is 0 Å². The van der Waals surface area contributed by atoms with E-state index in [9.17, 15) is 9.59 Å². The van der Waals surface area contributed by atoms with E-state index in [1.54, 1.807) is 0 Å². The van der Waals surface area contributed by atoms with Gasteiger partial charge < -0.3 is 19.3 Å². The summed E-state index contributed by atoms with van der Waals surface area (Å²) < 4.78 is 10.7. The van der Waals surface area contributed by atoms with Crippen LogP contribution in [0.4, 0.5) is 0 Å². The fraction of sp³-hybridized carbons (Fsp3) is 0.600. The maximum Gasteiger partial charge on any atom is 0.236 e. The van der Waals surface area contributed by atoms with Gasteiger partial charge >= 0.3 is 0 Å². The van der Waals surface area contributed by atoms with Gasteiger partial charge in [-0.05, 0) is 38.0 Å². The Kier molecular flexibility index (Phi) is 6.55. The molecule has 0 bridgehead atoms. The van der Waals surface area contributed by atoms with Gasteiger partial charge in [0.05, 0.1) is 6.54 Å². The lowest BCUT2D eigenvalue weighted by Crippen LogP contribution is -2.51. The molecule has 2 heterocycles. The number of nitrogens with zero attached hydrogens (tertiary/aromatic N) is 3. The fourth-order valence-corrected chi connectivity index (χ4v) is 3.53. The van der Waals surface area contributed by atoms with Gasteiger partial charge in [0, 0.05) is 45.7 Å². The summed E-state index contributed by atoms with van der Waals surface area (Å²) in [7, 11) is 0. The third kappa shape index (κ3) is 4.91. The van der Waals surface area contributed by atoms with Crippen LogP contribution in [-0.4, -0.2) is 79.1 Å². The normalized spacial score (nSPS) is 16.4. The van der Waals surface area contributed by atoms with Crippen LogP contribution in [0.2, 0.25) is 0 Å². The van der Waals surface area contributed by atoms with Crippen molar-refractivity contribution >= 4 is 11.8 Å². The molecule has 1 aromatic carbocycles. The van der Waals surface area contributed by atoms with Gasteiger partial charge in [-0.15, -0.1) is 0 Å². The fourth-order valence-electron chi connectivity index (χ4n) is 3.53. The molecule has 0 aliphatic carbocycles. The lowest BCUT2D eigenvalue weighted by Gasteiger charge is -2.35. The number of amides is 2. The zero-order chi connectivity index (χ0) is 19.2. The Balaban J connectivity index is 1.41. The lowest BCUT2D eigenvalue weighted by molar-refractivity contribution is -0.135. The number of benzene rings is 1. The van der Waals surface area contributed by atoms with E-state index in [2.05, 4.69) is 4.90 Å². The number of piperazine rings is 1. The molecule has 0 unspecified atom stereocenters. The first-order valence-corrected chi connectivity index (χ1v) is 9.77. The van der Waals surface area contributed by atoms with Crippen molar-refractivity contribution in [1.82, 2.24) is 14.7 Å². The molecule has 0 atom stereocenters. The second-order valence-corrected chi connectivity index (χ2v) is 6.91. The van der Waals surface area contributed by atoms with Crippen LogP contribution in [0.3, 0.4) is 0 Å². The van der Waals surface area contributed by atoms with Gasteiger partial charge in [-0.3, -0.25) is 14.5 Å². The van der Waals surface area contributed by atoms with Gasteiger partial charge in [-0.1, -0.05) is 6.07 Å². The molecule has 0 radical (unpaired) electrons. The average Bonchev–Trinajstić information content (AvgIpc) is 3.15.